The van der Waals surface area contributed by atoms with Crippen LogP contribution in [-0.2, 0) is 0 Å². The molecular formula is C18H22O3. The first-order chi connectivity index (χ1) is 9.93. The van der Waals surface area contributed by atoms with E-state index < -0.39 is 6.10 Å². The van der Waals surface area contributed by atoms with Gasteiger partial charge in [-0.05, 0) is 62.6 Å². The minimum absolute atomic E-state index is 0.623. The Morgan fingerprint density at radius 1 is 1.00 bits per heavy atom. The van der Waals surface area contributed by atoms with Crippen LogP contribution in [0, 0.1) is 20.8 Å². The van der Waals surface area contributed by atoms with Crippen LogP contribution in [0.2, 0.25) is 0 Å². The van der Waals surface area contributed by atoms with Crippen LogP contribution in [-0.4, -0.2) is 12.2 Å². The van der Waals surface area contributed by atoms with E-state index in [2.05, 4.69) is 13.0 Å². The number of hydrogen-bond acceptors (Lipinski definition) is 3. The third-order valence-electron chi connectivity index (χ3n) is 3.65. The molecule has 0 aliphatic heterocycles. The lowest BCUT2D eigenvalue weighted by atomic mass is 10.1. The first-order valence-corrected chi connectivity index (χ1v) is 7.04. The normalized spacial score (nSPS) is 12.1. The third kappa shape index (κ3) is 3.19. The van der Waals surface area contributed by atoms with Gasteiger partial charge in [0, 0.05) is 0 Å². The molecule has 21 heavy (non-hydrogen) atoms. The minimum Gasteiger partial charge on any atom is -0.496 e. The fourth-order valence-electron chi connectivity index (χ4n) is 2.43. The second-order valence-electron chi connectivity index (χ2n) is 5.36. The zero-order valence-electron chi connectivity index (χ0n) is 13.2. The summed E-state index contributed by atoms with van der Waals surface area (Å²) in [6.07, 6.45) is -0.664. The predicted molar refractivity (Wildman–Crippen MR) is 84.4 cm³/mol. The molecule has 3 heteroatoms. The van der Waals surface area contributed by atoms with Gasteiger partial charge < -0.3 is 14.6 Å². The number of aryl methyl sites for hydroxylation is 2. The van der Waals surface area contributed by atoms with Gasteiger partial charge in [-0.2, -0.15) is 0 Å². The highest BCUT2D eigenvalue weighted by Gasteiger charge is 2.17. The van der Waals surface area contributed by atoms with Crippen molar-refractivity contribution < 1.29 is 14.6 Å². The second-order valence-corrected chi connectivity index (χ2v) is 5.36. The van der Waals surface area contributed by atoms with Gasteiger partial charge in [0.1, 0.15) is 17.2 Å². The minimum atomic E-state index is -0.664. The van der Waals surface area contributed by atoms with Gasteiger partial charge in [0.25, 0.3) is 0 Å². The van der Waals surface area contributed by atoms with Crippen LogP contribution in [0.5, 0.6) is 17.2 Å². The van der Waals surface area contributed by atoms with E-state index in [-0.39, 0.29) is 0 Å². The summed E-state index contributed by atoms with van der Waals surface area (Å²) in [5.41, 5.74) is 4.10. The smallest absolute Gasteiger partial charge is 0.136 e. The van der Waals surface area contributed by atoms with Crippen LogP contribution in [0.4, 0.5) is 0 Å². The quantitative estimate of drug-likeness (QED) is 0.901. The monoisotopic (exact) mass is 286 g/mol. The van der Waals surface area contributed by atoms with Crippen LogP contribution in [0.3, 0.4) is 0 Å². The highest BCUT2D eigenvalue weighted by atomic mass is 16.5. The lowest BCUT2D eigenvalue weighted by Gasteiger charge is -2.18. The fraction of sp³-hybridized carbons (Fsp3) is 0.333. The molecule has 0 unspecified atom stereocenters. The van der Waals surface area contributed by atoms with E-state index in [4.69, 9.17) is 9.47 Å². The topological polar surface area (TPSA) is 38.7 Å². The molecule has 0 bridgehead atoms. The molecule has 0 saturated carbocycles. The van der Waals surface area contributed by atoms with E-state index in [1.807, 2.05) is 38.1 Å². The van der Waals surface area contributed by atoms with Gasteiger partial charge in [0.15, 0.2) is 0 Å². The van der Waals surface area contributed by atoms with Crippen molar-refractivity contribution in [3.8, 4) is 17.2 Å². The van der Waals surface area contributed by atoms with E-state index >= 15 is 0 Å². The highest BCUT2D eigenvalue weighted by molar-refractivity contribution is 5.50. The molecule has 1 N–H and O–H groups in total. The standard InChI is InChI=1S/C18H22O3/c1-11-9-12(2)13(3)17(10-11)21-16-8-6-7-15(20-5)18(16)14(4)19/h6-10,14,19H,1-5H3/t14-/m0/s1. The van der Waals surface area contributed by atoms with Crippen molar-refractivity contribution in [3.63, 3.8) is 0 Å². The average Bonchev–Trinajstić information content (AvgIpc) is 2.43. The molecule has 2 aromatic carbocycles. The van der Waals surface area contributed by atoms with E-state index in [0.717, 1.165) is 16.9 Å². The Hall–Kier alpha value is -2.00. The summed E-state index contributed by atoms with van der Waals surface area (Å²) in [6, 6.07) is 9.67. The Morgan fingerprint density at radius 3 is 2.29 bits per heavy atom. The zero-order chi connectivity index (χ0) is 15.6. The number of rotatable bonds is 4. The molecule has 0 aromatic heterocycles. The molecule has 3 nitrogen and oxygen atoms in total. The van der Waals surface area contributed by atoms with E-state index in [9.17, 15) is 5.11 Å². The first-order valence-electron chi connectivity index (χ1n) is 7.04. The number of methoxy groups -OCH3 is 1. The number of hydrogen-bond donors (Lipinski definition) is 1. The van der Waals surface area contributed by atoms with Crippen molar-refractivity contribution in [1.29, 1.82) is 0 Å². The maximum absolute atomic E-state index is 10.0. The van der Waals surface area contributed by atoms with Crippen LogP contribution in [0.25, 0.3) is 0 Å². The fourth-order valence-corrected chi connectivity index (χ4v) is 2.43. The molecule has 0 radical (unpaired) electrons. The van der Waals surface area contributed by atoms with Crippen molar-refractivity contribution in [2.75, 3.05) is 7.11 Å². The molecule has 0 aliphatic carbocycles. The molecular weight excluding hydrogens is 264 g/mol. The van der Waals surface area contributed by atoms with E-state index in [1.165, 1.54) is 5.56 Å². The largest absolute Gasteiger partial charge is 0.496 e. The average molecular weight is 286 g/mol. The van der Waals surface area contributed by atoms with Crippen molar-refractivity contribution in [3.05, 3.63) is 52.6 Å². The highest BCUT2D eigenvalue weighted by Crippen LogP contribution is 2.37. The van der Waals surface area contributed by atoms with Gasteiger partial charge in [0.2, 0.25) is 0 Å². The maximum atomic E-state index is 10.0. The number of aliphatic hydroxyl groups is 1. The Balaban J connectivity index is 2.50. The summed E-state index contributed by atoms with van der Waals surface area (Å²) in [4.78, 5) is 0. The molecule has 0 aliphatic rings. The molecule has 0 spiro atoms. The molecule has 112 valence electrons. The summed E-state index contributed by atoms with van der Waals surface area (Å²) in [5.74, 6) is 2.06. The van der Waals surface area contributed by atoms with Crippen molar-refractivity contribution >= 4 is 0 Å². The van der Waals surface area contributed by atoms with Crippen LogP contribution in [0.1, 0.15) is 35.3 Å². The Kier molecular flexibility index (Phi) is 4.53. The van der Waals surface area contributed by atoms with Gasteiger partial charge in [-0.15, -0.1) is 0 Å². The molecule has 0 saturated heterocycles. The number of benzene rings is 2. The number of aliphatic hydroxyl groups excluding tert-OH is 1. The van der Waals surface area contributed by atoms with Crippen LogP contribution in [0.15, 0.2) is 30.3 Å². The second kappa shape index (κ2) is 6.19. The predicted octanol–water partition coefficient (Wildman–Crippen LogP) is 4.47. The number of ether oxygens (including phenoxy) is 2. The van der Waals surface area contributed by atoms with Gasteiger partial charge in [-0.25, -0.2) is 0 Å². The molecule has 1 atom stereocenters. The third-order valence-corrected chi connectivity index (χ3v) is 3.65. The van der Waals surface area contributed by atoms with Gasteiger partial charge in [0.05, 0.1) is 18.8 Å². The van der Waals surface area contributed by atoms with Crippen molar-refractivity contribution in [2.45, 2.75) is 33.8 Å². The van der Waals surface area contributed by atoms with Crippen molar-refractivity contribution in [2.24, 2.45) is 0 Å². The molecule has 0 amide bonds. The molecule has 0 fully saturated rings. The molecule has 2 aromatic rings. The molecule has 0 heterocycles. The summed E-state index contributed by atoms with van der Waals surface area (Å²) >= 11 is 0. The Labute approximate surface area is 126 Å². The van der Waals surface area contributed by atoms with Crippen LogP contribution >= 0.6 is 0 Å². The first kappa shape index (κ1) is 15.4. The van der Waals surface area contributed by atoms with E-state index in [0.29, 0.717) is 17.1 Å². The lowest BCUT2D eigenvalue weighted by molar-refractivity contribution is 0.190. The zero-order valence-corrected chi connectivity index (χ0v) is 13.2. The van der Waals surface area contributed by atoms with Gasteiger partial charge in [-0.1, -0.05) is 12.1 Å². The van der Waals surface area contributed by atoms with Crippen LogP contribution < -0.4 is 9.47 Å². The summed E-state index contributed by atoms with van der Waals surface area (Å²) in [6.45, 7) is 7.85. The Bertz CT molecular complexity index is 645. The summed E-state index contributed by atoms with van der Waals surface area (Å²) < 4.78 is 11.4. The van der Waals surface area contributed by atoms with Crippen molar-refractivity contribution in [1.82, 2.24) is 0 Å². The lowest BCUT2D eigenvalue weighted by Crippen LogP contribution is -2.01. The maximum Gasteiger partial charge on any atom is 0.136 e. The summed E-state index contributed by atoms with van der Waals surface area (Å²) in [7, 11) is 1.59. The SMILES string of the molecule is COc1cccc(Oc2cc(C)cc(C)c2C)c1[C@H](C)O. The molecule has 2 rings (SSSR count). The van der Waals surface area contributed by atoms with Gasteiger partial charge >= 0.3 is 0 Å². The Morgan fingerprint density at radius 2 is 1.67 bits per heavy atom. The van der Waals surface area contributed by atoms with E-state index in [1.54, 1.807) is 14.0 Å². The van der Waals surface area contributed by atoms with Gasteiger partial charge in [-0.3, -0.25) is 0 Å². The summed E-state index contributed by atoms with van der Waals surface area (Å²) in [5, 5.41) is 10.0.